The van der Waals surface area contributed by atoms with Gasteiger partial charge < -0.3 is 10.2 Å². The Hall–Kier alpha value is -1.29. The number of phenols is 1. The number of nitriles is 1. The lowest BCUT2D eigenvalue weighted by molar-refractivity contribution is 0.0696. The summed E-state index contributed by atoms with van der Waals surface area (Å²) >= 11 is 1.78. The quantitative estimate of drug-likeness (QED) is 0.769. The summed E-state index contributed by atoms with van der Waals surface area (Å²) in [6.07, 6.45) is 0. The Bertz CT molecular complexity index is 409. The van der Waals surface area contributed by atoms with E-state index < -0.39 is 5.97 Å². The number of aromatic hydroxyl groups is 1. The molecule has 0 saturated heterocycles. The van der Waals surface area contributed by atoms with Gasteiger partial charge in [0, 0.05) is 0 Å². The summed E-state index contributed by atoms with van der Waals surface area (Å²) in [5, 5.41) is 26.4. The summed E-state index contributed by atoms with van der Waals surface area (Å²) in [5.41, 5.74) is 0.0764. The average Bonchev–Trinajstić information content (AvgIpc) is 2.09. The van der Waals surface area contributed by atoms with E-state index in [-0.39, 0.29) is 16.9 Å². The molecule has 0 aliphatic carbocycles. The molecule has 0 heterocycles. The van der Waals surface area contributed by atoms with Gasteiger partial charge in [-0.25, -0.2) is 4.79 Å². The number of carbonyl (C=O) groups is 1. The highest BCUT2D eigenvalue weighted by Crippen LogP contribution is 2.24. The number of phenolic OH excluding ortho intramolecular Hbond substituents is 1. The van der Waals surface area contributed by atoms with E-state index in [1.165, 1.54) is 6.07 Å². The Balaban J connectivity index is 3.41. The van der Waals surface area contributed by atoms with Crippen LogP contribution < -0.4 is 0 Å². The van der Waals surface area contributed by atoms with Crippen molar-refractivity contribution in [3.05, 3.63) is 26.8 Å². The first kappa shape index (κ1) is 9.80. The van der Waals surface area contributed by atoms with Gasteiger partial charge in [-0.05, 0) is 34.7 Å². The molecule has 1 aromatic carbocycles. The number of hydrogen-bond acceptors (Lipinski definition) is 3. The number of benzene rings is 1. The van der Waals surface area contributed by atoms with Gasteiger partial charge in [0.05, 0.1) is 14.7 Å². The van der Waals surface area contributed by atoms with Crippen molar-refractivity contribution in [1.29, 1.82) is 5.26 Å². The lowest BCUT2D eigenvalue weighted by Crippen LogP contribution is -1.97. The monoisotopic (exact) mass is 289 g/mol. The molecule has 0 aliphatic rings. The summed E-state index contributed by atoms with van der Waals surface area (Å²) in [6, 6.07) is 4.14. The predicted molar refractivity (Wildman–Crippen MR) is 52.5 cm³/mol. The van der Waals surface area contributed by atoms with Crippen LogP contribution in [0.25, 0.3) is 0 Å². The molecule has 1 aromatic rings. The second-order valence-electron chi connectivity index (χ2n) is 2.27. The molecule has 2 N–H and O–H groups in total. The van der Waals surface area contributed by atoms with Crippen molar-refractivity contribution >= 4 is 28.6 Å². The molecule has 4 nitrogen and oxygen atoms in total. The lowest BCUT2D eigenvalue weighted by Gasteiger charge is -2.00. The SMILES string of the molecule is N#Cc1cc(C(=O)O)cc(O)c1I. The van der Waals surface area contributed by atoms with Gasteiger partial charge in [0.25, 0.3) is 0 Å². The summed E-state index contributed by atoms with van der Waals surface area (Å²) in [4.78, 5) is 10.5. The van der Waals surface area contributed by atoms with Crippen LogP contribution in [-0.4, -0.2) is 16.2 Å². The molecular weight excluding hydrogens is 285 g/mol. The fraction of sp³-hybridized carbons (Fsp3) is 0. The number of halogens is 1. The van der Waals surface area contributed by atoms with E-state index in [0.29, 0.717) is 3.57 Å². The standard InChI is InChI=1S/C8H4INO3/c9-7-5(3-10)1-4(8(12)13)2-6(7)11/h1-2,11H,(H,12,13). The number of nitrogens with zero attached hydrogens (tertiary/aromatic N) is 1. The van der Waals surface area contributed by atoms with Crippen molar-refractivity contribution in [2.75, 3.05) is 0 Å². The van der Waals surface area contributed by atoms with Crippen molar-refractivity contribution < 1.29 is 15.0 Å². The Morgan fingerprint density at radius 2 is 2.15 bits per heavy atom. The number of aromatic carboxylic acids is 1. The molecule has 0 bridgehead atoms. The van der Waals surface area contributed by atoms with E-state index in [1.807, 2.05) is 0 Å². The zero-order chi connectivity index (χ0) is 10.0. The Morgan fingerprint density at radius 1 is 1.54 bits per heavy atom. The van der Waals surface area contributed by atoms with Crippen LogP contribution in [0.3, 0.4) is 0 Å². The zero-order valence-electron chi connectivity index (χ0n) is 6.28. The molecule has 0 aliphatic heterocycles. The number of rotatable bonds is 1. The molecule has 0 atom stereocenters. The van der Waals surface area contributed by atoms with Gasteiger partial charge in [-0.2, -0.15) is 5.26 Å². The molecule has 1 rings (SSSR count). The topological polar surface area (TPSA) is 81.3 Å². The maximum Gasteiger partial charge on any atom is 0.335 e. The second-order valence-corrected chi connectivity index (χ2v) is 3.35. The van der Waals surface area contributed by atoms with Crippen molar-refractivity contribution in [1.82, 2.24) is 0 Å². The first-order valence-electron chi connectivity index (χ1n) is 3.22. The predicted octanol–water partition coefficient (Wildman–Crippen LogP) is 1.57. The summed E-state index contributed by atoms with van der Waals surface area (Å²) in [6.45, 7) is 0. The molecule has 66 valence electrons. The highest BCUT2D eigenvalue weighted by Gasteiger charge is 2.11. The van der Waals surface area contributed by atoms with Gasteiger partial charge in [0.1, 0.15) is 11.8 Å². The molecule has 0 saturated carbocycles. The smallest absolute Gasteiger partial charge is 0.335 e. The zero-order valence-corrected chi connectivity index (χ0v) is 8.44. The Morgan fingerprint density at radius 3 is 2.62 bits per heavy atom. The molecule has 0 amide bonds. The molecule has 5 heteroatoms. The Labute approximate surface area is 87.6 Å². The van der Waals surface area contributed by atoms with Crippen LogP contribution in [-0.2, 0) is 0 Å². The van der Waals surface area contributed by atoms with Gasteiger partial charge in [-0.3, -0.25) is 0 Å². The molecule has 13 heavy (non-hydrogen) atoms. The van der Waals surface area contributed by atoms with E-state index in [1.54, 1.807) is 28.7 Å². The Kier molecular flexibility index (Phi) is 2.72. The molecule has 0 spiro atoms. The maximum atomic E-state index is 10.5. The van der Waals surface area contributed by atoms with Crippen molar-refractivity contribution in [3.63, 3.8) is 0 Å². The van der Waals surface area contributed by atoms with E-state index in [2.05, 4.69) is 0 Å². The van der Waals surface area contributed by atoms with Crippen LogP contribution >= 0.6 is 22.6 Å². The van der Waals surface area contributed by atoms with Crippen LogP contribution in [0.15, 0.2) is 12.1 Å². The normalized spacial score (nSPS) is 9.23. The van der Waals surface area contributed by atoms with E-state index >= 15 is 0 Å². The molecule has 0 unspecified atom stereocenters. The van der Waals surface area contributed by atoms with Crippen LogP contribution in [0.4, 0.5) is 0 Å². The van der Waals surface area contributed by atoms with Gasteiger partial charge >= 0.3 is 5.97 Å². The fourth-order valence-electron chi connectivity index (χ4n) is 0.814. The molecule has 0 radical (unpaired) electrons. The minimum Gasteiger partial charge on any atom is -0.507 e. The van der Waals surface area contributed by atoms with E-state index in [0.717, 1.165) is 6.07 Å². The molecule has 0 aromatic heterocycles. The van der Waals surface area contributed by atoms with Crippen molar-refractivity contribution in [3.8, 4) is 11.8 Å². The minimum absolute atomic E-state index is 0.0885. The van der Waals surface area contributed by atoms with Crippen LogP contribution in [0.2, 0.25) is 0 Å². The van der Waals surface area contributed by atoms with E-state index in [9.17, 15) is 9.90 Å². The highest BCUT2D eigenvalue weighted by atomic mass is 127. The number of carboxylic acid groups (broad SMARTS) is 1. The van der Waals surface area contributed by atoms with Crippen molar-refractivity contribution in [2.45, 2.75) is 0 Å². The van der Waals surface area contributed by atoms with Gasteiger partial charge in [-0.1, -0.05) is 0 Å². The molecule has 0 fully saturated rings. The second kappa shape index (κ2) is 3.62. The summed E-state index contributed by atoms with van der Waals surface area (Å²) in [7, 11) is 0. The average molecular weight is 289 g/mol. The summed E-state index contributed by atoms with van der Waals surface area (Å²) < 4.78 is 0.366. The molecular formula is C8H4INO3. The highest BCUT2D eigenvalue weighted by molar-refractivity contribution is 14.1. The van der Waals surface area contributed by atoms with Crippen LogP contribution in [0.1, 0.15) is 15.9 Å². The fourth-order valence-corrected chi connectivity index (χ4v) is 1.25. The largest absolute Gasteiger partial charge is 0.507 e. The maximum absolute atomic E-state index is 10.5. The first-order chi connectivity index (χ1) is 6.06. The first-order valence-corrected chi connectivity index (χ1v) is 4.30. The van der Waals surface area contributed by atoms with Crippen LogP contribution in [0.5, 0.6) is 5.75 Å². The number of carboxylic acids is 1. The van der Waals surface area contributed by atoms with Gasteiger partial charge in [0.15, 0.2) is 0 Å². The van der Waals surface area contributed by atoms with Gasteiger partial charge in [0.2, 0.25) is 0 Å². The summed E-state index contributed by atoms with van der Waals surface area (Å²) in [5.74, 6) is -1.35. The lowest BCUT2D eigenvalue weighted by atomic mass is 10.1. The van der Waals surface area contributed by atoms with E-state index in [4.69, 9.17) is 10.4 Å². The number of hydrogen-bond donors (Lipinski definition) is 2. The van der Waals surface area contributed by atoms with Crippen molar-refractivity contribution in [2.24, 2.45) is 0 Å². The third kappa shape index (κ3) is 1.89. The third-order valence-corrected chi connectivity index (χ3v) is 2.55. The van der Waals surface area contributed by atoms with Gasteiger partial charge in [-0.15, -0.1) is 0 Å². The van der Waals surface area contributed by atoms with Crippen LogP contribution in [0, 0.1) is 14.9 Å². The minimum atomic E-state index is -1.16. The third-order valence-electron chi connectivity index (χ3n) is 1.42.